The maximum atomic E-state index is 5.64. The molecule has 0 spiro atoms. The molecule has 0 amide bonds. The zero-order chi connectivity index (χ0) is 12.1. The first-order valence-corrected chi connectivity index (χ1v) is 5.96. The third-order valence-electron chi connectivity index (χ3n) is 2.77. The Kier molecular flexibility index (Phi) is 4.36. The van der Waals surface area contributed by atoms with E-state index in [9.17, 15) is 0 Å². The third kappa shape index (κ3) is 3.19. The third-order valence-corrected chi connectivity index (χ3v) is 2.77. The molecule has 0 radical (unpaired) electrons. The van der Waals surface area contributed by atoms with Crippen molar-refractivity contribution in [1.82, 2.24) is 5.32 Å². The van der Waals surface area contributed by atoms with E-state index in [4.69, 9.17) is 14.2 Å². The Morgan fingerprint density at radius 2 is 1.88 bits per heavy atom. The van der Waals surface area contributed by atoms with Gasteiger partial charge in [-0.05, 0) is 26.1 Å². The van der Waals surface area contributed by atoms with E-state index < -0.39 is 0 Å². The normalized spacial score (nSPS) is 24.6. The van der Waals surface area contributed by atoms with Crippen molar-refractivity contribution in [3.63, 3.8) is 0 Å². The van der Waals surface area contributed by atoms with Gasteiger partial charge in [-0.15, -0.1) is 0 Å². The fraction of sp³-hybridized carbons (Fsp3) is 0.538. The van der Waals surface area contributed by atoms with E-state index in [1.807, 2.05) is 38.2 Å². The second kappa shape index (κ2) is 6.00. The first-order chi connectivity index (χ1) is 8.33. The molecule has 1 N–H and O–H groups in total. The highest BCUT2D eigenvalue weighted by atomic mass is 16.7. The number of rotatable bonds is 4. The van der Waals surface area contributed by atoms with Crippen molar-refractivity contribution in [1.29, 1.82) is 0 Å². The molecule has 1 aliphatic heterocycles. The van der Waals surface area contributed by atoms with E-state index in [2.05, 4.69) is 5.32 Å². The minimum absolute atomic E-state index is 0.254. The zero-order valence-electron chi connectivity index (χ0n) is 10.3. The van der Waals surface area contributed by atoms with Crippen LogP contribution in [0.25, 0.3) is 0 Å². The van der Waals surface area contributed by atoms with Crippen LogP contribution in [0, 0.1) is 0 Å². The minimum Gasteiger partial charge on any atom is -0.494 e. The monoisotopic (exact) mass is 237 g/mol. The van der Waals surface area contributed by atoms with Crippen molar-refractivity contribution in [3.8, 4) is 5.75 Å². The van der Waals surface area contributed by atoms with Crippen LogP contribution in [0.1, 0.15) is 18.8 Å². The summed E-state index contributed by atoms with van der Waals surface area (Å²) in [7, 11) is 1.91. The topological polar surface area (TPSA) is 39.7 Å². The maximum absolute atomic E-state index is 5.64. The van der Waals surface area contributed by atoms with Crippen LogP contribution in [-0.2, 0) is 9.47 Å². The summed E-state index contributed by atoms with van der Waals surface area (Å²) in [5, 5.41) is 3.13. The van der Waals surface area contributed by atoms with E-state index >= 15 is 0 Å². The summed E-state index contributed by atoms with van der Waals surface area (Å²) in [6.45, 7) is 4.00. The lowest BCUT2D eigenvalue weighted by atomic mass is 10.2. The Hall–Kier alpha value is -1.10. The van der Waals surface area contributed by atoms with Gasteiger partial charge in [0.1, 0.15) is 5.75 Å². The highest BCUT2D eigenvalue weighted by Crippen LogP contribution is 2.24. The molecule has 4 heteroatoms. The molecule has 0 unspecified atom stereocenters. The number of hydrogen-bond donors (Lipinski definition) is 1. The Balaban J connectivity index is 1.94. The lowest BCUT2D eigenvalue weighted by molar-refractivity contribution is -0.193. The second-order valence-corrected chi connectivity index (χ2v) is 3.99. The van der Waals surface area contributed by atoms with E-state index in [1.165, 1.54) is 0 Å². The van der Waals surface area contributed by atoms with Gasteiger partial charge in [-0.25, -0.2) is 0 Å². The van der Waals surface area contributed by atoms with Crippen LogP contribution in [0.5, 0.6) is 5.75 Å². The zero-order valence-corrected chi connectivity index (χ0v) is 10.3. The fourth-order valence-electron chi connectivity index (χ4n) is 1.75. The molecule has 1 aromatic carbocycles. The van der Waals surface area contributed by atoms with Gasteiger partial charge in [0.15, 0.2) is 6.29 Å². The molecular formula is C13H19NO3. The van der Waals surface area contributed by atoms with Crippen LogP contribution < -0.4 is 10.1 Å². The average molecular weight is 237 g/mol. The molecule has 0 saturated carbocycles. The number of nitrogens with one attached hydrogen (secondary N) is 1. The van der Waals surface area contributed by atoms with Crippen LogP contribution in [-0.4, -0.2) is 32.9 Å². The summed E-state index contributed by atoms with van der Waals surface area (Å²) in [6.07, 6.45) is -0.254. The van der Waals surface area contributed by atoms with Crippen LogP contribution in [0.4, 0.5) is 0 Å². The van der Waals surface area contributed by atoms with Gasteiger partial charge in [0.2, 0.25) is 0 Å². The lowest BCUT2D eigenvalue weighted by Crippen LogP contribution is -2.40. The van der Waals surface area contributed by atoms with E-state index in [1.54, 1.807) is 0 Å². The highest BCUT2D eigenvalue weighted by Gasteiger charge is 2.22. The maximum Gasteiger partial charge on any atom is 0.183 e. The highest BCUT2D eigenvalue weighted by molar-refractivity contribution is 5.28. The van der Waals surface area contributed by atoms with Crippen molar-refractivity contribution in [2.24, 2.45) is 0 Å². The molecule has 1 aliphatic rings. The Bertz CT molecular complexity index is 331. The van der Waals surface area contributed by atoms with Crippen molar-refractivity contribution in [2.75, 3.05) is 26.9 Å². The summed E-state index contributed by atoms with van der Waals surface area (Å²) < 4.78 is 16.7. The predicted octanol–water partition coefficient (Wildman–Crippen LogP) is 1.72. The number of likely N-dealkylation sites (N-methyl/N-ethyl adjacent to an activating group) is 1. The number of hydrogen-bond acceptors (Lipinski definition) is 4. The Labute approximate surface area is 102 Å². The van der Waals surface area contributed by atoms with Crippen molar-refractivity contribution < 1.29 is 14.2 Å². The van der Waals surface area contributed by atoms with Gasteiger partial charge in [-0.3, -0.25) is 0 Å². The number of ether oxygens (including phenoxy) is 3. The standard InChI is InChI=1S/C13H19NO3/c1-3-15-12-6-4-10(5-7-12)13-16-8-11(14-2)9-17-13/h4-7,11,13-14H,3,8-9H2,1-2H3. The molecular weight excluding hydrogens is 218 g/mol. The summed E-state index contributed by atoms with van der Waals surface area (Å²) in [5.41, 5.74) is 1.03. The molecule has 0 aliphatic carbocycles. The quantitative estimate of drug-likeness (QED) is 0.865. The molecule has 1 heterocycles. The van der Waals surface area contributed by atoms with Gasteiger partial charge in [-0.1, -0.05) is 12.1 Å². The summed E-state index contributed by atoms with van der Waals surface area (Å²) in [6, 6.07) is 8.13. The first kappa shape index (κ1) is 12.4. The van der Waals surface area contributed by atoms with Crippen molar-refractivity contribution in [3.05, 3.63) is 29.8 Å². The van der Waals surface area contributed by atoms with Crippen molar-refractivity contribution >= 4 is 0 Å². The Morgan fingerprint density at radius 3 is 2.41 bits per heavy atom. The van der Waals surface area contributed by atoms with E-state index in [0.29, 0.717) is 19.8 Å². The first-order valence-electron chi connectivity index (χ1n) is 5.96. The molecule has 1 fully saturated rings. The second-order valence-electron chi connectivity index (χ2n) is 3.99. The molecule has 0 atom stereocenters. The van der Waals surface area contributed by atoms with Crippen LogP contribution in [0.2, 0.25) is 0 Å². The average Bonchev–Trinajstić information content (AvgIpc) is 2.40. The molecule has 1 saturated heterocycles. The minimum atomic E-state index is -0.254. The van der Waals surface area contributed by atoms with Crippen LogP contribution >= 0.6 is 0 Å². The van der Waals surface area contributed by atoms with Crippen molar-refractivity contribution in [2.45, 2.75) is 19.3 Å². The molecule has 17 heavy (non-hydrogen) atoms. The van der Waals surface area contributed by atoms with Gasteiger partial charge in [0, 0.05) is 5.56 Å². The smallest absolute Gasteiger partial charge is 0.183 e. The molecule has 94 valence electrons. The summed E-state index contributed by atoms with van der Waals surface area (Å²) in [4.78, 5) is 0. The lowest BCUT2D eigenvalue weighted by Gasteiger charge is -2.29. The van der Waals surface area contributed by atoms with Gasteiger partial charge in [0.05, 0.1) is 25.9 Å². The van der Waals surface area contributed by atoms with E-state index in [-0.39, 0.29) is 12.3 Å². The van der Waals surface area contributed by atoms with Crippen LogP contribution in [0.15, 0.2) is 24.3 Å². The molecule has 0 bridgehead atoms. The van der Waals surface area contributed by atoms with Gasteiger partial charge in [0.25, 0.3) is 0 Å². The summed E-state index contributed by atoms with van der Waals surface area (Å²) >= 11 is 0. The van der Waals surface area contributed by atoms with Gasteiger partial charge >= 0.3 is 0 Å². The van der Waals surface area contributed by atoms with E-state index in [0.717, 1.165) is 11.3 Å². The molecule has 2 rings (SSSR count). The number of benzene rings is 1. The van der Waals surface area contributed by atoms with Gasteiger partial charge in [-0.2, -0.15) is 0 Å². The summed E-state index contributed by atoms with van der Waals surface area (Å²) in [5.74, 6) is 0.875. The SMILES string of the molecule is CCOc1ccc(C2OCC(NC)CO2)cc1. The fourth-order valence-corrected chi connectivity index (χ4v) is 1.75. The predicted molar refractivity (Wildman–Crippen MR) is 65.1 cm³/mol. The molecule has 0 aromatic heterocycles. The molecule has 4 nitrogen and oxygen atoms in total. The molecule has 1 aromatic rings. The van der Waals surface area contributed by atoms with Crippen LogP contribution in [0.3, 0.4) is 0 Å². The largest absolute Gasteiger partial charge is 0.494 e. The Morgan fingerprint density at radius 1 is 1.24 bits per heavy atom. The van der Waals surface area contributed by atoms with Gasteiger partial charge < -0.3 is 19.5 Å².